The maximum atomic E-state index is 12.5. The van der Waals surface area contributed by atoms with Crippen LogP contribution in [-0.4, -0.2) is 29.4 Å². The van der Waals surface area contributed by atoms with Crippen LogP contribution in [0.2, 0.25) is 0 Å². The number of aromatic nitrogens is 1. The molecule has 0 aliphatic carbocycles. The molecule has 104 valence electrons. The Balaban J connectivity index is 1.79. The number of amides is 1. The van der Waals surface area contributed by atoms with Crippen molar-refractivity contribution in [3.63, 3.8) is 0 Å². The SMILES string of the molecule is COc1ccc(C(=O)N2CCCc3occc3C2)nc1. The first-order valence-corrected chi connectivity index (χ1v) is 6.62. The van der Waals surface area contributed by atoms with Gasteiger partial charge in [0.05, 0.1) is 19.6 Å². The Morgan fingerprint density at radius 1 is 1.40 bits per heavy atom. The maximum absolute atomic E-state index is 12.5. The molecule has 0 N–H and O–H groups in total. The normalized spacial score (nSPS) is 14.6. The summed E-state index contributed by atoms with van der Waals surface area (Å²) < 4.78 is 10.5. The number of hydrogen-bond acceptors (Lipinski definition) is 4. The van der Waals surface area contributed by atoms with Gasteiger partial charge in [-0.1, -0.05) is 0 Å². The van der Waals surface area contributed by atoms with E-state index in [2.05, 4.69) is 4.98 Å². The predicted molar refractivity (Wildman–Crippen MR) is 72.6 cm³/mol. The van der Waals surface area contributed by atoms with Gasteiger partial charge in [-0.25, -0.2) is 4.98 Å². The summed E-state index contributed by atoms with van der Waals surface area (Å²) in [5, 5.41) is 0. The second kappa shape index (κ2) is 5.36. The topological polar surface area (TPSA) is 55.6 Å². The third-order valence-electron chi connectivity index (χ3n) is 3.51. The molecule has 3 heterocycles. The van der Waals surface area contributed by atoms with Crippen LogP contribution in [0.3, 0.4) is 0 Å². The Bertz CT molecular complexity index is 604. The average Bonchev–Trinajstić information content (AvgIpc) is 2.83. The third-order valence-corrected chi connectivity index (χ3v) is 3.51. The van der Waals surface area contributed by atoms with Gasteiger partial charge >= 0.3 is 0 Å². The number of pyridine rings is 1. The molecule has 2 aromatic rings. The molecule has 20 heavy (non-hydrogen) atoms. The van der Waals surface area contributed by atoms with E-state index in [0.717, 1.165) is 30.7 Å². The fourth-order valence-electron chi connectivity index (χ4n) is 2.41. The number of nitrogens with zero attached hydrogens (tertiary/aromatic N) is 2. The molecule has 0 aromatic carbocycles. The van der Waals surface area contributed by atoms with Crippen LogP contribution in [0.1, 0.15) is 28.2 Å². The summed E-state index contributed by atoms with van der Waals surface area (Å²) in [5.74, 6) is 1.58. The minimum atomic E-state index is -0.0540. The quantitative estimate of drug-likeness (QED) is 0.841. The van der Waals surface area contributed by atoms with Crippen molar-refractivity contribution in [3.8, 4) is 5.75 Å². The lowest BCUT2D eigenvalue weighted by Crippen LogP contribution is -2.31. The first-order valence-electron chi connectivity index (χ1n) is 6.62. The number of ether oxygens (including phenoxy) is 1. The number of carbonyl (C=O) groups is 1. The number of fused-ring (bicyclic) bond motifs is 1. The molecule has 0 bridgehead atoms. The molecule has 0 fully saturated rings. The summed E-state index contributed by atoms with van der Waals surface area (Å²) in [4.78, 5) is 18.5. The highest BCUT2D eigenvalue weighted by Crippen LogP contribution is 2.21. The van der Waals surface area contributed by atoms with Gasteiger partial charge in [0.25, 0.3) is 5.91 Å². The highest BCUT2D eigenvalue weighted by atomic mass is 16.5. The van der Waals surface area contributed by atoms with E-state index in [-0.39, 0.29) is 5.91 Å². The minimum absolute atomic E-state index is 0.0540. The van der Waals surface area contributed by atoms with E-state index in [1.165, 1.54) is 0 Å². The Morgan fingerprint density at radius 3 is 3.05 bits per heavy atom. The molecule has 2 aromatic heterocycles. The van der Waals surface area contributed by atoms with Crippen LogP contribution in [0.15, 0.2) is 35.1 Å². The van der Waals surface area contributed by atoms with E-state index in [9.17, 15) is 4.79 Å². The number of hydrogen-bond donors (Lipinski definition) is 0. The summed E-state index contributed by atoms with van der Waals surface area (Å²) >= 11 is 0. The average molecular weight is 272 g/mol. The lowest BCUT2D eigenvalue weighted by atomic mass is 10.2. The minimum Gasteiger partial charge on any atom is -0.495 e. The van der Waals surface area contributed by atoms with Crippen molar-refractivity contribution in [1.29, 1.82) is 0 Å². The van der Waals surface area contributed by atoms with Crippen molar-refractivity contribution >= 4 is 5.91 Å². The van der Waals surface area contributed by atoms with E-state index >= 15 is 0 Å². The van der Waals surface area contributed by atoms with E-state index in [1.54, 1.807) is 31.7 Å². The lowest BCUT2D eigenvalue weighted by Gasteiger charge is -2.19. The second-order valence-corrected chi connectivity index (χ2v) is 4.78. The van der Waals surface area contributed by atoms with Crippen molar-refractivity contribution in [2.45, 2.75) is 19.4 Å². The zero-order valence-corrected chi connectivity index (χ0v) is 11.3. The highest BCUT2D eigenvalue weighted by Gasteiger charge is 2.22. The maximum Gasteiger partial charge on any atom is 0.272 e. The first-order chi connectivity index (χ1) is 9.78. The monoisotopic (exact) mass is 272 g/mol. The fraction of sp³-hybridized carbons (Fsp3) is 0.333. The van der Waals surface area contributed by atoms with E-state index in [4.69, 9.17) is 9.15 Å². The Morgan fingerprint density at radius 2 is 2.30 bits per heavy atom. The van der Waals surface area contributed by atoms with Crippen molar-refractivity contribution in [1.82, 2.24) is 9.88 Å². The van der Waals surface area contributed by atoms with Gasteiger partial charge < -0.3 is 14.1 Å². The molecular weight excluding hydrogens is 256 g/mol. The molecule has 0 spiro atoms. The molecule has 1 amide bonds. The van der Waals surface area contributed by atoms with Crippen LogP contribution in [0.25, 0.3) is 0 Å². The van der Waals surface area contributed by atoms with Crippen molar-refractivity contribution < 1.29 is 13.9 Å². The van der Waals surface area contributed by atoms with Crippen LogP contribution >= 0.6 is 0 Å². The zero-order chi connectivity index (χ0) is 13.9. The molecule has 3 rings (SSSR count). The summed E-state index contributed by atoms with van der Waals surface area (Å²) in [6.45, 7) is 1.30. The zero-order valence-electron chi connectivity index (χ0n) is 11.3. The van der Waals surface area contributed by atoms with Crippen LogP contribution in [-0.2, 0) is 13.0 Å². The van der Waals surface area contributed by atoms with Gasteiger partial charge in [-0.05, 0) is 24.6 Å². The molecule has 0 saturated heterocycles. The first kappa shape index (κ1) is 12.7. The van der Waals surface area contributed by atoms with Gasteiger partial charge in [0.15, 0.2) is 0 Å². The molecular formula is C15H16N2O3. The fourth-order valence-corrected chi connectivity index (χ4v) is 2.41. The van der Waals surface area contributed by atoms with Gasteiger partial charge in [0.1, 0.15) is 17.2 Å². The summed E-state index contributed by atoms with van der Waals surface area (Å²) in [7, 11) is 1.58. The summed E-state index contributed by atoms with van der Waals surface area (Å²) in [6, 6.07) is 5.38. The third kappa shape index (κ3) is 2.39. The van der Waals surface area contributed by atoms with Crippen LogP contribution in [0, 0.1) is 0 Å². The van der Waals surface area contributed by atoms with E-state index in [1.807, 2.05) is 11.0 Å². The van der Waals surface area contributed by atoms with Crippen LogP contribution in [0.5, 0.6) is 5.75 Å². The standard InChI is InChI=1S/C15H16N2O3/c1-19-12-4-5-13(16-9-12)15(18)17-7-2-3-14-11(10-17)6-8-20-14/h4-6,8-9H,2-3,7,10H2,1H3. The number of aryl methyl sites for hydroxylation is 1. The molecule has 0 saturated carbocycles. The van der Waals surface area contributed by atoms with E-state index < -0.39 is 0 Å². The van der Waals surface area contributed by atoms with Gasteiger partial charge in [0, 0.05) is 25.1 Å². The molecule has 1 aliphatic rings. The number of rotatable bonds is 2. The Labute approximate surface area is 117 Å². The van der Waals surface area contributed by atoms with Gasteiger partial charge in [-0.15, -0.1) is 0 Å². The lowest BCUT2D eigenvalue weighted by molar-refractivity contribution is 0.0740. The van der Waals surface area contributed by atoms with Gasteiger partial charge in [-0.2, -0.15) is 0 Å². The largest absolute Gasteiger partial charge is 0.495 e. The smallest absolute Gasteiger partial charge is 0.272 e. The number of carbonyl (C=O) groups excluding carboxylic acids is 1. The molecule has 5 nitrogen and oxygen atoms in total. The van der Waals surface area contributed by atoms with Crippen LogP contribution < -0.4 is 4.74 Å². The molecule has 0 unspecified atom stereocenters. The molecule has 1 aliphatic heterocycles. The predicted octanol–water partition coefficient (Wildman–Crippen LogP) is 2.27. The number of furan rings is 1. The molecule has 0 radical (unpaired) electrons. The van der Waals surface area contributed by atoms with Gasteiger partial charge in [-0.3, -0.25) is 4.79 Å². The highest BCUT2D eigenvalue weighted by molar-refractivity contribution is 5.92. The number of methoxy groups -OCH3 is 1. The van der Waals surface area contributed by atoms with Crippen molar-refractivity contribution in [2.75, 3.05) is 13.7 Å². The van der Waals surface area contributed by atoms with E-state index in [0.29, 0.717) is 18.0 Å². The summed E-state index contributed by atoms with van der Waals surface area (Å²) in [6.07, 6.45) is 5.03. The molecule has 5 heteroatoms. The van der Waals surface area contributed by atoms with Crippen molar-refractivity contribution in [3.05, 3.63) is 47.7 Å². The van der Waals surface area contributed by atoms with Gasteiger partial charge in [0.2, 0.25) is 0 Å². The second-order valence-electron chi connectivity index (χ2n) is 4.78. The molecule has 0 atom stereocenters. The summed E-state index contributed by atoms with van der Waals surface area (Å²) in [5.41, 5.74) is 1.53. The Kier molecular flexibility index (Phi) is 3.41. The Hall–Kier alpha value is -2.30. The van der Waals surface area contributed by atoms with Crippen molar-refractivity contribution in [2.24, 2.45) is 0 Å². The van der Waals surface area contributed by atoms with Crippen LogP contribution in [0.4, 0.5) is 0 Å².